The van der Waals surface area contributed by atoms with Crippen LogP contribution in [-0.2, 0) is 4.79 Å². The summed E-state index contributed by atoms with van der Waals surface area (Å²) in [7, 11) is 0. The Morgan fingerprint density at radius 1 is 1.11 bits per heavy atom. The number of aryl methyl sites for hydroxylation is 1. The maximum absolute atomic E-state index is 11.3. The summed E-state index contributed by atoms with van der Waals surface area (Å²) in [4.78, 5) is 11.3. The maximum atomic E-state index is 11.3. The third-order valence-corrected chi connectivity index (χ3v) is 2.94. The number of carboxylic acid groups (broad SMARTS) is 1. The van der Waals surface area contributed by atoms with Crippen molar-refractivity contribution < 1.29 is 14.6 Å². The molecule has 0 fully saturated rings. The van der Waals surface area contributed by atoms with Crippen LogP contribution in [0.3, 0.4) is 0 Å². The number of hydrogen-bond donors (Lipinski definition) is 1. The van der Waals surface area contributed by atoms with Crippen LogP contribution in [0.5, 0.6) is 5.75 Å². The van der Waals surface area contributed by atoms with Crippen LogP contribution in [0.2, 0.25) is 0 Å². The lowest BCUT2D eigenvalue weighted by molar-refractivity contribution is -0.139. The van der Waals surface area contributed by atoms with E-state index in [0.29, 0.717) is 5.75 Å². The molecule has 0 aliphatic rings. The fourth-order valence-corrected chi connectivity index (χ4v) is 1.81. The first-order valence-corrected chi connectivity index (χ1v) is 6.14. The second-order valence-electron chi connectivity index (χ2n) is 4.43. The smallest absolute Gasteiger partial charge is 0.314 e. The fourth-order valence-electron chi connectivity index (χ4n) is 1.81. The standard InChI is InChI=1S/C16H16O3/c1-12-7-9-13(10-8-12)15(16(17)18)11-19-14-5-3-2-4-6-14/h2-10,15H,11H2,1H3,(H,17,18). The lowest BCUT2D eigenvalue weighted by Crippen LogP contribution is -2.19. The molecule has 3 nitrogen and oxygen atoms in total. The van der Waals surface area contributed by atoms with E-state index in [4.69, 9.17) is 4.74 Å². The fraction of sp³-hybridized carbons (Fsp3) is 0.188. The van der Waals surface area contributed by atoms with Gasteiger partial charge in [-0.3, -0.25) is 4.79 Å². The van der Waals surface area contributed by atoms with Gasteiger partial charge in [0.25, 0.3) is 0 Å². The van der Waals surface area contributed by atoms with Gasteiger partial charge in [-0.15, -0.1) is 0 Å². The average molecular weight is 256 g/mol. The third kappa shape index (κ3) is 3.58. The van der Waals surface area contributed by atoms with Crippen molar-refractivity contribution in [3.63, 3.8) is 0 Å². The minimum absolute atomic E-state index is 0.127. The highest BCUT2D eigenvalue weighted by molar-refractivity contribution is 5.76. The van der Waals surface area contributed by atoms with Crippen LogP contribution < -0.4 is 4.74 Å². The van der Waals surface area contributed by atoms with Gasteiger partial charge in [0.2, 0.25) is 0 Å². The number of carboxylic acids is 1. The summed E-state index contributed by atoms with van der Waals surface area (Å²) in [6.07, 6.45) is 0. The molecule has 1 unspecified atom stereocenters. The topological polar surface area (TPSA) is 46.5 Å². The molecule has 0 heterocycles. The van der Waals surface area contributed by atoms with Gasteiger partial charge in [-0.05, 0) is 24.6 Å². The van der Waals surface area contributed by atoms with Gasteiger partial charge in [0, 0.05) is 0 Å². The Kier molecular flexibility index (Phi) is 4.18. The van der Waals surface area contributed by atoms with Gasteiger partial charge >= 0.3 is 5.97 Å². The molecular formula is C16H16O3. The monoisotopic (exact) mass is 256 g/mol. The maximum Gasteiger partial charge on any atom is 0.314 e. The van der Waals surface area contributed by atoms with Gasteiger partial charge in [0.05, 0.1) is 0 Å². The first kappa shape index (κ1) is 13.1. The van der Waals surface area contributed by atoms with Crippen LogP contribution in [0.4, 0.5) is 0 Å². The van der Waals surface area contributed by atoms with Crippen LogP contribution in [0.15, 0.2) is 54.6 Å². The molecule has 19 heavy (non-hydrogen) atoms. The molecule has 0 amide bonds. The Hall–Kier alpha value is -2.29. The Bertz CT molecular complexity index is 532. The summed E-state index contributed by atoms with van der Waals surface area (Å²) < 4.78 is 5.53. The molecule has 3 heteroatoms. The van der Waals surface area contributed by atoms with Gasteiger partial charge in [-0.1, -0.05) is 48.0 Å². The van der Waals surface area contributed by atoms with E-state index < -0.39 is 11.9 Å². The van der Waals surface area contributed by atoms with E-state index in [0.717, 1.165) is 11.1 Å². The number of carbonyl (C=O) groups is 1. The van der Waals surface area contributed by atoms with Crippen LogP contribution in [0.1, 0.15) is 17.0 Å². The molecule has 98 valence electrons. The molecule has 0 aliphatic carbocycles. The van der Waals surface area contributed by atoms with Crippen molar-refractivity contribution in [3.8, 4) is 5.75 Å². The summed E-state index contributed by atoms with van der Waals surface area (Å²) in [6, 6.07) is 16.7. The number of benzene rings is 2. The van der Waals surface area contributed by atoms with Crippen molar-refractivity contribution in [2.75, 3.05) is 6.61 Å². The summed E-state index contributed by atoms with van der Waals surface area (Å²) in [5, 5.41) is 9.29. The Labute approximate surface area is 112 Å². The van der Waals surface area contributed by atoms with Crippen molar-refractivity contribution >= 4 is 5.97 Å². The van der Waals surface area contributed by atoms with Crippen molar-refractivity contribution in [1.82, 2.24) is 0 Å². The molecule has 0 spiro atoms. The molecule has 0 bridgehead atoms. The summed E-state index contributed by atoms with van der Waals surface area (Å²) >= 11 is 0. The summed E-state index contributed by atoms with van der Waals surface area (Å²) in [6.45, 7) is 2.10. The molecule has 0 saturated heterocycles. The van der Waals surface area contributed by atoms with E-state index in [1.54, 1.807) is 0 Å². The molecule has 2 rings (SSSR count). The number of rotatable bonds is 5. The highest BCUT2D eigenvalue weighted by atomic mass is 16.5. The zero-order chi connectivity index (χ0) is 13.7. The van der Waals surface area contributed by atoms with Crippen LogP contribution in [0, 0.1) is 6.92 Å². The lowest BCUT2D eigenvalue weighted by Gasteiger charge is -2.14. The van der Waals surface area contributed by atoms with Crippen molar-refractivity contribution in [1.29, 1.82) is 0 Å². The number of ether oxygens (including phenoxy) is 1. The predicted octanol–water partition coefficient (Wildman–Crippen LogP) is 3.24. The van der Waals surface area contributed by atoms with E-state index in [-0.39, 0.29) is 6.61 Å². The second kappa shape index (κ2) is 6.05. The molecule has 2 aromatic rings. The molecule has 0 saturated carbocycles. The minimum Gasteiger partial charge on any atom is -0.492 e. The van der Waals surface area contributed by atoms with Gasteiger partial charge in [-0.25, -0.2) is 0 Å². The quantitative estimate of drug-likeness (QED) is 0.893. The van der Waals surface area contributed by atoms with Crippen molar-refractivity contribution in [2.24, 2.45) is 0 Å². The van der Waals surface area contributed by atoms with Gasteiger partial charge in [-0.2, -0.15) is 0 Å². The average Bonchev–Trinajstić information content (AvgIpc) is 2.42. The highest BCUT2D eigenvalue weighted by Crippen LogP contribution is 2.19. The summed E-state index contributed by atoms with van der Waals surface area (Å²) in [5.41, 5.74) is 1.87. The van der Waals surface area contributed by atoms with E-state index in [2.05, 4.69) is 0 Å². The molecule has 1 atom stereocenters. The number of aliphatic carboxylic acids is 1. The van der Waals surface area contributed by atoms with Gasteiger partial charge < -0.3 is 9.84 Å². The lowest BCUT2D eigenvalue weighted by atomic mass is 9.99. The molecule has 0 aliphatic heterocycles. The van der Waals surface area contributed by atoms with Crippen molar-refractivity contribution in [2.45, 2.75) is 12.8 Å². The SMILES string of the molecule is Cc1ccc(C(COc2ccccc2)C(=O)O)cc1. The zero-order valence-corrected chi connectivity index (χ0v) is 10.7. The van der Waals surface area contributed by atoms with E-state index in [1.807, 2.05) is 61.5 Å². The first-order chi connectivity index (χ1) is 9.16. The van der Waals surface area contributed by atoms with Crippen LogP contribution >= 0.6 is 0 Å². The molecule has 0 aromatic heterocycles. The zero-order valence-electron chi connectivity index (χ0n) is 10.7. The number of para-hydroxylation sites is 1. The Morgan fingerprint density at radius 2 is 1.74 bits per heavy atom. The Morgan fingerprint density at radius 3 is 2.32 bits per heavy atom. The van der Waals surface area contributed by atoms with E-state index >= 15 is 0 Å². The first-order valence-electron chi connectivity index (χ1n) is 6.14. The van der Waals surface area contributed by atoms with E-state index in [1.165, 1.54) is 0 Å². The van der Waals surface area contributed by atoms with Gasteiger partial charge in [0.15, 0.2) is 0 Å². The van der Waals surface area contributed by atoms with Crippen LogP contribution in [0.25, 0.3) is 0 Å². The predicted molar refractivity (Wildman–Crippen MR) is 73.5 cm³/mol. The van der Waals surface area contributed by atoms with Gasteiger partial charge in [0.1, 0.15) is 18.3 Å². The molecule has 0 radical (unpaired) electrons. The molecule has 2 aromatic carbocycles. The van der Waals surface area contributed by atoms with E-state index in [9.17, 15) is 9.90 Å². The largest absolute Gasteiger partial charge is 0.492 e. The Balaban J connectivity index is 2.09. The number of hydrogen-bond acceptors (Lipinski definition) is 2. The third-order valence-electron chi connectivity index (χ3n) is 2.94. The van der Waals surface area contributed by atoms with Crippen molar-refractivity contribution in [3.05, 3.63) is 65.7 Å². The molecule has 1 N–H and O–H groups in total. The minimum atomic E-state index is -0.875. The second-order valence-corrected chi connectivity index (χ2v) is 4.43. The summed E-state index contributed by atoms with van der Waals surface area (Å²) in [5.74, 6) is -0.846. The highest BCUT2D eigenvalue weighted by Gasteiger charge is 2.20. The normalized spacial score (nSPS) is 11.8. The molecular weight excluding hydrogens is 240 g/mol. The van der Waals surface area contributed by atoms with Crippen LogP contribution in [-0.4, -0.2) is 17.7 Å².